The van der Waals surface area contributed by atoms with E-state index >= 15 is 0 Å². The van der Waals surface area contributed by atoms with Crippen LogP contribution in [-0.2, 0) is 0 Å². The average Bonchev–Trinajstić information content (AvgIpc) is 2.67. The average molecular weight is 390 g/mol. The molecular formula is C20H15BN2S3. The molecule has 0 saturated carbocycles. The van der Waals surface area contributed by atoms with Crippen LogP contribution in [-0.4, -0.2) is 16.7 Å². The largest absolute Gasteiger partial charge is 0.254 e. The Kier molecular flexibility index (Phi) is 3.36. The fraction of sp³-hybridized carbons (Fsp3) is 0.200. The van der Waals surface area contributed by atoms with Gasteiger partial charge in [0.05, 0.1) is 10.1 Å². The van der Waals surface area contributed by atoms with Gasteiger partial charge in [0.25, 0.3) is 6.71 Å². The first kappa shape index (κ1) is 15.7. The Hall–Kier alpha value is -1.37. The third-order valence-corrected chi connectivity index (χ3v) is 8.94. The van der Waals surface area contributed by atoms with E-state index in [-0.39, 0.29) is 0 Å². The Balaban J connectivity index is 1.69. The molecule has 1 aromatic carbocycles. The van der Waals surface area contributed by atoms with Crippen molar-refractivity contribution in [1.29, 1.82) is 0 Å². The zero-order valence-corrected chi connectivity index (χ0v) is 16.9. The number of benzene rings is 1. The maximum Gasteiger partial charge on any atom is 0.254 e. The van der Waals surface area contributed by atoms with Gasteiger partial charge in [-0.05, 0) is 58.6 Å². The standard InChI is InChI=1S/C20H15BN2S3/c1-3-10(2)11-8-14-16-15(9-11)25-13-5-7-23-20-18(13)21(16)17-12(24-14)4-6-22-19(17)26-20/h4-10H,3H2,1-2H3. The summed E-state index contributed by atoms with van der Waals surface area (Å²) in [6, 6.07) is 9.24. The first-order valence-electron chi connectivity index (χ1n) is 8.93. The van der Waals surface area contributed by atoms with E-state index in [0.29, 0.717) is 12.6 Å². The Morgan fingerprint density at radius 2 is 1.42 bits per heavy atom. The zero-order valence-electron chi connectivity index (χ0n) is 14.4. The molecule has 3 aromatic rings. The molecule has 0 saturated heterocycles. The van der Waals surface area contributed by atoms with Gasteiger partial charge >= 0.3 is 0 Å². The summed E-state index contributed by atoms with van der Waals surface area (Å²) in [6.45, 7) is 4.90. The SMILES string of the molecule is CCC(C)c1cc2c3c(c1)Sc1ccnc4c1B3c1c(ccnc1S4)S2. The first-order valence-corrected chi connectivity index (χ1v) is 11.4. The predicted octanol–water partition coefficient (Wildman–Crippen LogP) is 3.90. The molecule has 0 spiro atoms. The normalized spacial score (nSPS) is 16.3. The van der Waals surface area contributed by atoms with Crippen molar-refractivity contribution in [3.8, 4) is 0 Å². The lowest BCUT2D eigenvalue weighted by Crippen LogP contribution is -2.61. The van der Waals surface area contributed by atoms with Crippen LogP contribution in [0.15, 0.2) is 66.3 Å². The lowest BCUT2D eigenvalue weighted by molar-refractivity contribution is 0.729. The van der Waals surface area contributed by atoms with Crippen LogP contribution < -0.4 is 16.4 Å². The van der Waals surface area contributed by atoms with Crippen LogP contribution in [0.5, 0.6) is 0 Å². The molecule has 0 fully saturated rings. The highest BCUT2D eigenvalue weighted by Crippen LogP contribution is 2.44. The van der Waals surface area contributed by atoms with Crippen LogP contribution in [0.4, 0.5) is 0 Å². The van der Waals surface area contributed by atoms with Gasteiger partial charge in [-0.15, -0.1) is 0 Å². The van der Waals surface area contributed by atoms with Crippen LogP contribution >= 0.6 is 35.3 Å². The molecule has 6 rings (SSSR count). The van der Waals surface area contributed by atoms with E-state index in [0.717, 1.165) is 10.1 Å². The van der Waals surface area contributed by atoms with E-state index in [4.69, 9.17) is 9.97 Å². The lowest BCUT2D eigenvalue weighted by atomic mass is 9.36. The minimum absolute atomic E-state index is 0.298. The molecule has 0 amide bonds. The molecule has 1 unspecified atom stereocenters. The molecule has 3 aliphatic heterocycles. The van der Waals surface area contributed by atoms with Gasteiger partial charge < -0.3 is 0 Å². The van der Waals surface area contributed by atoms with Crippen molar-refractivity contribution in [3.05, 3.63) is 42.2 Å². The van der Waals surface area contributed by atoms with Crippen LogP contribution in [0.25, 0.3) is 0 Å². The highest BCUT2D eigenvalue weighted by atomic mass is 32.2. The number of nitrogens with zero attached hydrogens (tertiary/aromatic N) is 2. The monoisotopic (exact) mass is 390 g/mol. The predicted molar refractivity (Wildman–Crippen MR) is 111 cm³/mol. The van der Waals surface area contributed by atoms with Crippen molar-refractivity contribution in [2.45, 2.75) is 55.8 Å². The van der Waals surface area contributed by atoms with Crippen LogP contribution in [0, 0.1) is 0 Å². The molecule has 1 atom stereocenters. The van der Waals surface area contributed by atoms with E-state index in [1.165, 1.54) is 48.0 Å². The summed E-state index contributed by atoms with van der Waals surface area (Å²) >= 11 is 5.58. The quantitative estimate of drug-likeness (QED) is 0.418. The maximum absolute atomic E-state index is 4.69. The number of aromatic nitrogens is 2. The third-order valence-electron chi connectivity index (χ3n) is 5.63. The van der Waals surface area contributed by atoms with E-state index in [1.807, 2.05) is 35.9 Å². The molecule has 2 nitrogen and oxygen atoms in total. The van der Waals surface area contributed by atoms with Gasteiger partial charge in [0.2, 0.25) is 0 Å². The zero-order chi connectivity index (χ0) is 17.4. The summed E-state index contributed by atoms with van der Waals surface area (Å²) in [5.41, 5.74) is 5.74. The second-order valence-electron chi connectivity index (χ2n) is 7.04. The fourth-order valence-electron chi connectivity index (χ4n) is 4.10. The summed E-state index contributed by atoms with van der Waals surface area (Å²) in [4.78, 5) is 15.0. The minimum Gasteiger partial charge on any atom is -0.250 e. The van der Waals surface area contributed by atoms with E-state index < -0.39 is 0 Å². The van der Waals surface area contributed by atoms with Gasteiger partial charge in [-0.25, -0.2) is 0 Å². The minimum atomic E-state index is 0.298. The summed E-state index contributed by atoms with van der Waals surface area (Å²) < 4.78 is 0. The highest BCUT2D eigenvalue weighted by Gasteiger charge is 2.44. The summed E-state index contributed by atoms with van der Waals surface area (Å²) in [5, 5.41) is 2.26. The second kappa shape index (κ2) is 5.57. The van der Waals surface area contributed by atoms with Crippen molar-refractivity contribution < 1.29 is 0 Å². The maximum atomic E-state index is 4.69. The fourth-order valence-corrected chi connectivity index (χ4v) is 7.83. The number of rotatable bonds is 2. The second-order valence-corrected chi connectivity index (χ2v) is 10.2. The lowest BCUT2D eigenvalue weighted by Gasteiger charge is -2.37. The molecule has 126 valence electrons. The Bertz CT molecular complexity index is 1020. The number of pyridine rings is 2. The van der Waals surface area contributed by atoms with E-state index in [1.54, 1.807) is 11.8 Å². The molecule has 5 heterocycles. The molecule has 0 N–H and O–H groups in total. The molecule has 0 bridgehead atoms. The van der Waals surface area contributed by atoms with Crippen LogP contribution in [0.3, 0.4) is 0 Å². The van der Waals surface area contributed by atoms with Crippen molar-refractivity contribution in [3.63, 3.8) is 0 Å². The van der Waals surface area contributed by atoms with Crippen molar-refractivity contribution in [2.24, 2.45) is 0 Å². The molecule has 3 aliphatic rings. The molecule has 0 aliphatic carbocycles. The van der Waals surface area contributed by atoms with Crippen molar-refractivity contribution >= 4 is 58.4 Å². The highest BCUT2D eigenvalue weighted by molar-refractivity contribution is 8.02. The summed E-state index contributed by atoms with van der Waals surface area (Å²) in [6.07, 6.45) is 5.07. The summed E-state index contributed by atoms with van der Waals surface area (Å²) in [5.74, 6) is 0.587. The number of hydrogen-bond donors (Lipinski definition) is 0. The third kappa shape index (κ3) is 2.01. The Morgan fingerprint density at radius 3 is 1.96 bits per heavy atom. The molecule has 26 heavy (non-hydrogen) atoms. The van der Waals surface area contributed by atoms with Gasteiger partial charge in [-0.1, -0.05) is 49.1 Å². The van der Waals surface area contributed by atoms with Gasteiger partial charge in [0, 0.05) is 32.0 Å². The van der Waals surface area contributed by atoms with Crippen molar-refractivity contribution in [1.82, 2.24) is 9.97 Å². The van der Waals surface area contributed by atoms with E-state index in [2.05, 4.69) is 38.1 Å². The summed E-state index contributed by atoms with van der Waals surface area (Å²) in [7, 11) is 0. The topological polar surface area (TPSA) is 25.8 Å². The van der Waals surface area contributed by atoms with Gasteiger partial charge in [0.1, 0.15) is 0 Å². The van der Waals surface area contributed by atoms with Crippen molar-refractivity contribution in [2.75, 3.05) is 0 Å². The Labute approximate surface area is 166 Å². The van der Waals surface area contributed by atoms with Gasteiger partial charge in [0.15, 0.2) is 0 Å². The van der Waals surface area contributed by atoms with Crippen LogP contribution in [0.2, 0.25) is 0 Å². The van der Waals surface area contributed by atoms with Gasteiger partial charge in [-0.2, -0.15) is 0 Å². The smallest absolute Gasteiger partial charge is 0.250 e. The molecule has 0 radical (unpaired) electrons. The first-order chi connectivity index (χ1) is 12.7. The molecular weight excluding hydrogens is 375 g/mol. The molecule has 2 aromatic heterocycles. The Morgan fingerprint density at radius 1 is 0.846 bits per heavy atom. The van der Waals surface area contributed by atoms with Gasteiger partial charge in [-0.3, -0.25) is 9.97 Å². The van der Waals surface area contributed by atoms with E-state index in [9.17, 15) is 0 Å². The van der Waals surface area contributed by atoms with Crippen LogP contribution in [0.1, 0.15) is 31.7 Å². The molecule has 6 heteroatoms. The number of hydrogen-bond acceptors (Lipinski definition) is 5.